The van der Waals surface area contributed by atoms with Crippen molar-refractivity contribution in [3.8, 4) is 0 Å². The lowest BCUT2D eigenvalue weighted by atomic mass is 10.2. The molecule has 2 aromatic rings. The Morgan fingerprint density at radius 2 is 1.88 bits per heavy atom. The van der Waals surface area contributed by atoms with Crippen LogP contribution in [0.4, 0.5) is 0 Å². The van der Waals surface area contributed by atoms with E-state index < -0.39 is 17.9 Å². The third-order valence-electron chi connectivity index (χ3n) is 3.28. The number of hydrogen-bond donors (Lipinski definition) is 3. The number of carbonyl (C=O) groups is 2. The van der Waals surface area contributed by atoms with Crippen LogP contribution < -0.4 is 10.6 Å². The molecule has 0 saturated heterocycles. The second-order valence-corrected chi connectivity index (χ2v) is 5.80. The summed E-state index contributed by atoms with van der Waals surface area (Å²) in [5.74, 6) is -1.40. The van der Waals surface area contributed by atoms with Crippen molar-refractivity contribution in [3.05, 3.63) is 58.3 Å². The first-order chi connectivity index (χ1) is 11.7. The van der Waals surface area contributed by atoms with Gasteiger partial charge in [-0.2, -0.15) is 11.3 Å². The predicted molar refractivity (Wildman–Crippen MR) is 91.4 cm³/mol. The van der Waals surface area contributed by atoms with Gasteiger partial charge in [-0.1, -0.05) is 30.3 Å². The van der Waals surface area contributed by atoms with Gasteiger partial charge in [0.15, 0.2) is 0 Å². The number of thiophene rings is 1. The predicted octanol–water partition coefficient (Wildman–Crippen LogP) is 1.23. The maximum atomic E-state index is 11.9. The number of nitrogens with one attached hydrogen (secondary N) is 2. The van der Waals surface area contributed by atoms with Crippen LogP contribution in [0.25, 0.3) is 0 Å². The van der Waals surface area contributed by atoms with Crippen molar-refractivity contribution < 1.29 is 19.4 Å². The van der Waals surface area contributed by atoms with E-state index in [1.54, 1.807) is 0 Å². The lowest BCUT2D eigenvalue weighted by molar-refractivity contribution is -0.139. The average Bonchev–Trinajstić information content (AvgIpc) is 3.15. The summed E-state index contributed by atoms with van der Waals surface area (Å²) in [6, 6.07) is 11.2. The van der Waals surface area contributed by atoms with E-state index in [0.29, 0.717) is 6.54 Å². The number of rotatable bonds is 8. The second-order valence-electron chi connectivity index (χ2n) is 5.02. The minimum Gasteiger partial charge on any atom is -0.394 e. The molecule has 128 valence electrons. The van der Waals surface area contributed by atoms with Gasteiger partial charge in [-0.05, 0) is 28.0 Å². The summed E-state index contributed by atoms with van der Waals surface area (Å²) in [5.41, 5.74) is 1.82. The highest BCUT2D eigenvalue weighted by atomic mass is 32.1. The van der Waals surface area contributed by atoms with Gasteiger partial charge >= 0.3 is 11.8 Å². The van der Waals surface area contributed by atoms with Crippen molar-refractivity contribution in [1.29, 1.82) is 0 Å². The Kier molecular flexibility index (Phi) is 7.41. The minimum atomic E-state index is -0.709. The van der Waals surface area contributed by atoms with Gasteiger partial charge in [0.05, 0.1) is 13.2 Å². The SMILES string of the molecule is O=C(NCc1ccccc1)C(=O)NC[C@@H](OCCO)c1ccsc1. The Morgan fingerprint density at radius 1 is 1.12 bits per heavy atom. The maximum Gasteiger partial charge on any atom is 0.309 e. The number of carbonyl (C=O) groups excluding carboxylic acids is 2. The molecule has 0 bridgehead atoms. The normalized spacial score (nSPS) is 11.7. The van der Waals surface area contributed by atoms with Crippen LogP contribution in [0.3, 0.4) is 0 Å². The molecular weight excluding hydrogens is 328 g/mol. The fourth-order valence-electron chi connectivity index (χ4n) is 2.05. The molecule has 24 heavy (non-hydrogen) atoms. The number of hydrogen-bond acceptors (Lipinski definition) is 5. The number of aliphatic hydroxyl groups excluding tert-OH is 1. The summed E-state index contributed by atoms with van der Waals surface area (Å²) >= 11 is 1.51. The molecule has 0 radical (unpaired) electrons. The first-order valence-corrected chi connectivity index (χ1v) is 8.49. The molecule has 7 heteroatoms. The summed E-state index contributed by atoms with van der Waals surface area (Å²) in [4.78, 5) is 23.7. The monoisotopic (exact) mass is 348 g/mol. The molecule has 0 saturated carbocycles. The van der Waals surface area contributed by atoms with E-state index >= 15 is 0 Å². The van der Waals surface area contributed by atoms with Crippen LogP contribution in [0, 0.1) is 0 Å². The Balaban J connectivity index is 1.80. The van der Waals surface area contributed by atoms with E-state index in [2.05, 4.69) is 10.6 Å². The van der Waals surface area contributed by atoms with Gasteiger partial charge < -0.3 is 20.5 Å². The topological polar surface area (TPSA) is 87.7 Å². The zero-order valence-electron chi connectivity index (χ0n) is 13.1. The number of aliphatic hydroxyl groups is 1. The van der Waals surface area contributed by atoms with Crippen LogP contribution in [-0.4, -0.2) is 36.7 Å². The summed E-state index contributed by atoms with van der Waals surface area (Å²) in [6.07, 6.45) is -0.394. The van der Waals surface area contributed by atoms with Crippen LogP contribution in [0.2, 0.25) is 0 Å². The molecule has 0 spiro atoms. The van der Waals surface area contributed by atoms with Crippen LogP contribution >= 0.6 is 11.3 Å². The molecule has 2 amide bonds. The number of ether oxygens (including phenoxy) is 1. The fraction of sp³-hybridized carbons (Fsp3) is 0.294. The van der Waals surface area contributed by atoms with Crippen molar-refractivity contribution in [2.24, 2.45) is 0 Å². The quantitative estimate of drug-likeness (QED) is 0.626. The van der Waals surface area contributed by atoms with Gasteiger partial charge in [-0.3, -0.25) is 9.59 Å². The second kappa shape index (κ2) is 9.82. The Hall–Kier alpha value is -2.22. The molecule has 0 unspecified atom stereocenters. The van der Waals surface area contributed by atoms with E-state index in [1.165, 1.54) is 11.3 Å². The molecule has 0 aliphatic heterocycles. The zero-order valence-corrected chi connectivity index (χ0v) is 13.9. The largest absolute Gasteiger partial charge is 0.394 e. The zero-order chi connectivity index (χ0) is 17.2. The Labute approximate surface area is 144 Å². The van der Waals surface area contributed by atoms with Crippen LogP contribution in [0.15, 0.2) is 47.2 Å². The summed E-state index contributed by atoms with van der Waals surface area (Å²) in [7, 11) is 0. The van der Waals surface area contributed by atoms with Crippen molar-refractivity contribution >= 4 is 23.2 Å². The number of amides is 2. The molecule has 6 nitrogen and oxygen atoms in total. The molecule has 1 atom stereocenters. The van der Waals surface area contributed by atoms with Gasteiger partial charge in [0, 0.05) is 13.1 Å². The molecule has 3 N–H and O–H groups in total. The van der Waals surface area contributed by atoms with Crippen LogP contribution in [0.1, 0.15) is 17.2 Å². The highest BCUT2D eigenvalue weighted by Crippen LogP contribution is 2.19. The molecule has 0 aliphatic carbocycles. The first kappa shape index (κ1) is 18.1. The third kappa shape index (κ3) is 5.77. The average molecular weight is 348 g/mol. The first-order valence-electron chi connectivity index (χ1n) is 7.55. The molecule has 2 rings (SSSR count). The van der Waals surface area contributed by atoms with Crippen molar-refractivity contribution in [3.63, 3.8) is 0 Å². The number of benzene rings is 1. The highest BCUT2D eigenvalue weighted by Gasteiger charge is 2.17. The maximum absolute atomic E-state index is 11.9. The molecule has 1 heterocycles. The lowest BCUT2D eigenvalue weighted by Crippen LogP contribution is -2.41. The lowest BCUT2D eigenvalue weighted by Gasteiger charge is -2.17. The van der Waals surface area contributed by atoms with Crippen LogP contribution in [0.5, 0.6) is 0 Å². The van der Waals surface area contributed by atoms with Gasteiger partial charge in [-0.15, -0.1) is 0 Å². The van der Waals surface area contributed by atoms with Crippen molar-refractivity contribution in [2.45, 2.75) is 12.6 Å². The fourth-order valence-corrected chi connectivity index (χ4v) is 2.75. The Morgan fingerprint density at radius 3 is 2.54 bits per heavy atom. The summed E-state index contributed by atoms with van der Waals surface area (Å²) in [5, 5.41) is 17.8. The van der Waals surface area contributed by atoms with E-state index in [4.69, 9.17) is 9.84 Å². The van der Waals surface area contributed by atoms with E-state index in [-0.39, 0.29) is 19.8 Å². The molecule has 1 aromatic heterocycles. The standard InChI is InChI=1S/C17H20N2O4S/c20-7-8-23-15(14-6-9-24-12-14)11-19-17(22)16(21)18-10-13-4-2-1-3-5-13/h1-6,9,12,15,20H,7-8,10-11H2,(H,18,21)(H,19,22)/t15-/m1/s1. The van der Waals surface area contributed by atoms with Crippen molar-refractivity contribution in [1.82, 2.24) is 10.6 Å². The van der Waals surface area contributed by atoms with Crippen molar-refractivity contribution in [2.75, 3.05) is 19.8 Å². The molecule has 1 aromatic carbocycles. The van der Waals surface area contributed by atoms with E-state index in [1.807, 2.05) is 47.2 Å². The van der Waals surface area contributed by atoms with Gasteiger partial charge in [-0.25, -0.2) is 0 Å². The van der Waals surface area contributed by atoms with E-state index in [0.717, 1.165) is 11.1 Å². The molecule has 0 fully saturated rings. The summed E-state index contributed by atoms with van der Waals surface area (Å²) < 4.78 is 5.51. The summed E-state index contributed by atoms with van der Waals surface area (Å²) in [6.45, 7) is 0.513. The molecular formula is C17H20N2O4S. The van der Waals surface area contributed by atoms with Gasteiger partial charge in [0.25, 0.3) is 0 Å². The van der Waals surface area contributed by atoms with Gasteiger partial charge in [0.1, 0.15) is 6.10 Å². The van der Waals surface area contributed by atoms with Gasteiger partial charge in [0.2, 0.25) is 0 Å². The highest BCUT2D eigenvalue weighted by molar-refractivity contribution is 7.07. The third-order valence-corrected chi connectivity index (χ3v) is 3.98. The minimum absolute atomic E-state index is 0.105. The smallest absolute Gasteiger partial charge is 0.309 e. The Bertz CT molecular complexity index is 631. The van der Waals surface area contributed by atoms with E-state index in [9.17, 15) is 9.59 Å². The molecule has 0 aliphatic rings. The van der Waals surface area contributed by atoms with Crippen LogP contribution in [-0.2, 0) is 20.9 Å².